The summed E-state index contributed by atoms with van der Waals surface area (Å²) in [7, 11) is 0. The van der Waals surface area contributed by atoms with Crippen molar-refractivity contribution in [2.24, 2.45) is 0 Å². The molecule has 0 atom stereocenters. The molecule has 0 unspecified atom stereocenters. The predicted molar refractivity (Wildman–Crippen MR) is 64.3 cm³/mol. The summed E-state index contributed by atoms with van der Waals surface area (Å²) >= 11 is 17.2. The molecule has 0 saturated heterocycles. The van der Waals surface area contributed by atoms with Crippen molar-refractivity contribution >= 4 is 34.8 Å². The van der Waals surface area contributed by atoms with Gasteiger partial charge in [0.15, 0.2) is 3.79 Å². The van der Waals surface area contributed by atoms with E-state index in [9.17, 15) is 4.39 Å². The molecule has 0 aliphatic carbocycles. The van der Waals surface area contributed by atoms with Gasteiger partial charge in [-0.3, -0.25) is 0 Å². The maximum Gasteiger partial charge on any atom is 0.191 e. The molecule has 0 aromatic heterocycles. The minimum absolute atomic E-state index is 0.267. The predicted octanol–water partition coefficient (Wildman–Crippen LogP) is 4.86. The van der Waals surface area contributed by atoms with Crippen molar-refractivity contribution in [3.8, 4) is 0 Å². The van der Waals surface area contributed by atoms with E-state index in [0.717, 1.165) is 0 Å². The van der Waals surface area contributed by atoms with Gasteiger partial charge in [-0.15, -0.1) is 0 Å². The molecule has 84 valence electrons. The van der Waals surface area contributed by atoms with Crippen LogP contribution in [0.25, 0.3) is 0 Å². The zero-order valence-corrected chi connectivity index (χ0v) is 10.8. The Hall–Kier alpha value is 0.0200. The van der Waals surface area contributed by atoms with Crippen LogP contribution >= 0.6 is 34.8 Å². The zero-order valence-electron chi connectivity index (χ0n) is 8.53. The summed E-state index contributed by atoms with van der Waals surface area (Å²) in [5.74, 6) is -0.267. The van der Waals surface area contributed by atoms with E-state index in [1.807, 2.05) is 13.8 Å². The van der Waals surface area contributed by atoms with Crippen LogP contribution in [0.15, 0.2) is 24.3 Å². The van der Waals surface area contributed by atoms with Crippen molar-refractivity contribution < 1.29 is 4.39 Å². The quantitative estimate of drug-likeness (QED) is 0.672. The molecule has 0 bridgehead atoms. The van der Waals surface area contributed by atoms with Gasteiger partial charge in [-0.2, -0.15) is 0 Å². The average Bonchev–Trinajstić information content (AvgIpc) is 1.99. The lowest BCUT2D eigenvalue weighted by Crippen LogP contribution is -2.25. The molecule has 0 nitrogen and oxygen atoms in total. The fourth-order valence-corrected chi connectivity index (χ4v) is 2.61. The van der Waals surface area contributed by atoms with E-state index in [0.29, 0.717) is 5.56 Å². The van der Waals surface area contributed by atoms with Gasteiger partial charge in [-0.05, 0) is 17.0 Å². The Labute approximate surface area is 104 Å². The lowest BCUT2D eigenvalue weighted by molar-refractivity contribution is 0.455. The third kappa shape index (κ3) is 3.82. The van der Waals surface area contributed by atoms with Crippen molar-refractivity contribution in [1.29, 1.82) is 0 Å². The molecule has 1 rings (SSSR count). The standard InChI is InChI=1S/C11H12Cl3F/c1-10(2,7-11(12,13)14)8-5-3-4-6-9(8)15/h3-6H,7H2,1-2H3. The minimum Gasteiger partial charge on any atom is -0.207 e. The van der Waals surface area contributed by atoms with Gasteiger partial charge in [0.05, 0.1) is 0 Å². The van der Waals surface area contributed by atoms with Gasteiger partial charge in [0.1, 0.15) is 5.82 Å². The topological polar surface area (TPSA) is 0 Å². The maximum absolute atomic E-state index is 13.5. The van der Waals surface area contributed by atoms with Crippen molar-refractivity contribution in [1.82, 2.24) is 0 Å². The SMILES string of the molecule is CC(C)(CC(Cl)(Cl)Cl)c1ccccc1F. The largest absolute Gasteiger partial charge is 0.207 e. The second-order valence-electron chi connectivity index (χ2n) is 4.16. The summed E-state index contributed by atoms with van der Waals surface area (Å²) in [4.78, 5) is 0. The first-order valence-corrected chi connectivity index (χ1v) is 5.67. The van der Waals surface area contributed by atoms with Crippen LogP contribution in [0.1, 0.15) is 25.8 Å². The third-order valence-electron chi connectivity index (χ3n) is 2.25. The Balaban J connectivity index is 3.01. The summed E-state index contributed by atoms with van der Waals surface area (Å²) < 4.78 is 12.2. The lowest BCUT2D eigenvalue weighted by atomic mass is 9.82. The number of benzene rings is 1. The van der Waals surface area contributed by atoms with Crippen LogP contribution in [0.2, 0.25) is 0 Å². The van der Waals surface area contributed by atoms with Gasteiger partial charge in [0.2, 0.25) is 0 Å². The first-order valence-electron chi connectivity index (χ1n) is 4.54. The Morgan fingerprint density at radius 1 is 1.13 bits per heavy atom. The third-order valence-corrected chi connectivity index (χ3v) is 2.65. The Kier molecular flexibility index (Phi) is 3.91. The van der Waals surface area contributed by atoms with E-state index in [4.69, 9.17) is 34.8 Å². The summed E-state index contributed by atoms with van der Waals surface area (Å²) in [6.45, 7) is 3.71. The summed E-state index contributed by atoms with van der Waals surface area (Å²) in [6.07, 6.45) is 0.269. The van der Waals surface area contributed by atoms with E-state index in [1.54, 1.807) is 18.2 Å². The van der Waals surface area contributed by atoms with E-state index >= 15 is 0 Å². The summed E-state index contributed by atoms with van der Waals surface area (Å²) in [5, 5.41) is 0. The number of hydrogen-bond donors (Lipinski definition) is 0. The molecule has 0 N–H and O–H groups in total. The van der Waals surface area contributed by atoms with Crippen LogP contribution in [-0.4, -0.2) is 3.79 Å². The van der Waals surface area contributed by atoms with E-state index in [2.05, 4.69) is 0 Å². The van der Waals surface area contributed by atoms with Crippen LogP contribution in [0.3, 0.4) is 0 Å². The van der Waals surface area contributed by atoms with Gasteiger partial charge in [0.25, 0.3) is 0 Å². The first kappa shape index (κ1) is 13.1. The molecule has 0 fully saturated rings. The Morgan fingerprint density at radius 2 is 1.67 bits per heavy atom. The molecule has 1 aromatic rings. The van der Waals surface area contributed by atoms with Crippen LogP contribution < -0.4 is 0 Å². The Bertz CT molecular complexity index is 342. The molecule has 1 aromatic carbocycles. The van der Waals surface area contributed by atoms with Crippen LogP contribution in [0.5, 0.6) is 0 Å². The first-order chi connectivity index (χ1) is 6.72. The molecule has 0 spiro atoms. The van der Waals surface area contributed by atoms with Gasteiger partial charge in [-0.1, -0.05) is 66.8 Å². The maximum atomic E-state index is 13.5. The molecular formula is C11H12Cl3F. The number of rotatable bonds is 2. The number of alkyl halides is 3. The van der Waals surface area contributed by atoms with Crippen molar-refractivity contribution in [2.75, 3.05) is 0 Å². The molecule has 0 amide bonds. The highest BCUT2D eigenvalue weighted by molar-refractivity contribution is 6.67. The van der Waals surface area contributed by atoms with Gasteiger partial charge < -0.3 is 0 Å². The fourth-order valence-electron chi connectivity index (χ4n) is 1.61. The van der Waals surface area contributed by atoms with E-state index in [-0.39, 0.29) is 12.2 Å². The molecule has 0 aliphatic rings. The van der Waals surface area contributed by atoms with Crippen LogP contribution in [0.4, 0.5) is 4.39 Å². The average molecular weight is 270 g/mol. The summed E-state index contributed by atoms with van der Waals surface area (Å²) in [6, 6.07) is 6.55. The molecule has 0 radical (unpaired) electrons. The van der Waals surface area contributed by atoms with Gasteiger partial charge in [0, 0.05) is 6.42 Å². The highest BCUT2D eigenvalue weighted by Crippen LogP contribution is 2.41. The second kappa shape index (κ2) is 4.48. The van der Waals surface area contributed by atoms with Crippen molar-refractivity contribution in [3.05, 3.63) is 35.6 Å². The lowest BCUT2D eigenvalue weighted by Gasteiger charge is -2.29. The molecule has 0 aliphatic heterocycles. The van der Waals surface area contributed by atoms with Gasteiger partial charge >= 0.3 is 0 Å². The smallest absolute Gasteiger partial charge is 0.191 e. The molecule has 0 saturated carbocycles. The van der Waals surface area contributed by atoms with Crippen LogP contribution in [-0.2, 0) is 5.41 Å². The van der Waals surface area contributed by atoms with Gasteiger partial charge in [-0.25, -0.2) is 4.39 Å². The molecule has 15 heavy (non-hydrogen) atoms. The number of hydrogen-bond acceptors (Lipinski definition) is 0. The molecular weight excluding hydrogens is 257 g/mol. The van der Waals surface area contributed by atoms with E-state index < -0.39 is 9.21 Å². The zero-order chi connectivity index (χ0) is 11.7. The Morgan fingerprint density at radius 3 is 2.13 bits per heavy atom. The van der Waals surface area contributed by atoms with Crippen molar-refractivity contribution in [2.45, 2.75) is 29.5 Å². The highest BCUT2D eigenvalue weighted by atomic mass is 35.6. The normalized spacial score (nSPS) is 12.9. The molecule has 0 heterocycles. The second-order valence-corrected chi connectivity index (χ2v) is 6.67. The highest BCUT2D eigenvalue weighted by Gasteiger charge is 2.33. The molecule has 4 heteroatoms. The number of halogens is 4. The van der Waals surface area contributed by atoms with Crippen molar-refractivity contribution in [3.63, 3.8) is 0 Å². The van der Waals surface area contributed by atoms with E-state index in [1.165, 1.54) is 6.07 Å². The minimum atomic E-state index is -1.37. The fraction of sp³-hybridized carbons (Fsp3) is 0.455. The van der Waals surface area contributed by atoms with Crippen LogP contribution in [0, 0.1) is 5.82 Å². The summed E-state index contributed by atoms with van der Waals surface area (Å²) in [5.41, 5.74) is 0.0627. The monoisotopic (exact) mass is 268 g/mol.